The Morgan fingerprint density at radius 2 is 1.69 bits per heavy atom. The highest BCUT2D eigenvalue weighted by Gasteiger charge is 2.33. The van der Waals surface area contributed by atoms with Crippen LogP contribution in [-0.4, -0.2) is 62.7 Å². The Balaban J connectivity index is 2.45. The van der Waals surface area contributed by atoms with E-state index in [9.17, 15) is 22.4 Å². The van der Waals surface area contributed by atoms with Gasteiger partial charge in [0.05, 0.1) is 5.69 Å². The number of hydrogen-bond donors (Lipinski definition) is 1. The molecule has 0 bridgehead atoms. The number of nitrogens with one attached hydrogen (secondary N) is 1. The van der Waals surface area contributed by atoms with Gasteiger partial charge in [-0.1, -0.05) is 55.8 Å². The smallest absolute Gasteiger partial charge is 0.304 e. The van der Waals surface area contributed by atoms with Crippen LogP contribution in [0.1, 0.15) is 31.9 Å². The summed E-state index contributed by atoms with van der Waals surface area (Å²) < 4.78 is 42.4. The molecular formula is C25H35FN4O4S. The van der Waals surface area contributed by atoms with Crippen molar-refractivity contribution in [3.8, 4) is 0 Å². The number of halogens is 1. The lowest BCUT2D eigenvalue weighted by Crippen LogP contribution is -2.52. The summed E-state index contributed by atoms with van der Waals surface area (Å²) in [5, 5.41) is 2.82. The van der Waals surface area contributed by atoms with Gasteiger partial charge >= 0.3 is 10.2 Å². The fraction of sp³-hybridized carbons (Fsp3) is 0.440. The van der Waals surface area contributed by atoms with Gasteiger partial charge in [0, 0.05) is 27.2 Å². The van der Waals surface area contributed by atoms with Gasteiger partial charge in [-0.05, 0) is 37.5 Å². The van der Waals surface area contributed by atoms with Crippen LogP contribution in [0.2, 0.25) is 0 Å². The van der Waals surface area contributed by atoms with Crippen molar-refractivity contribution in [1.82, 2.24) is 14.5 Å². The van der Waals surface area contributed by atoms with E-state index in [1.54, 1.807) is 6.92 Å². The zero-order valence-electron chi connectivity index (χ0n) is 21.2. The van der Waals surface area contributed by atoms with E-state index in [-0.39, 0.29) is 24.1 Å². The molecule has 2 amide bonds. The van der Waals surface area contributed by atoms with Crippen LogP contribution in [0.25, 0.3) is 0 Å². The molecule has 0 radical (unpaired) electrons. The molecule has 35 heavy (non-hydrogen) atoms. The van der Waals surface area contributed by atoms with Gasteiger partial charge in [-0.2, -0.15) is 12.7 Å². The molecule has 0 saturated carbocycles. The Kier molecular flexibility index (Phi) is 9.79. The highest BCUT2D eigenvalue weighted by molar-refractivity contribution is 7.90. The molecule has 2 rings (SSSR count). The number of anilines is 1. The predicted octanol–water partition coefficient (Wildman–Crippen LogP) is 2.94. The Bertz CT molecular complexity index is 1140. The number of benzene rings is 2. The normalized spacial score (nSPS) is 12.5. The van der Waals surface area contributed by atoms with Crippen molar-refractivity contribution in [3.05, 3.63) is 65.5 Å². The zero-order chi connectivity index (χ0) is 26.3. The number of carbonyl (C=O) groups excluding carboxylic acids is 2. The fourth-order valence-corrected chi connectivity index (χ4v) is 4.46. The lowest BCUT2D eigenvalue weighted by atomic mass is 10.1. The summed E-state index contributed by atoms with van der Waals surface area (Å²) in [6.07, 6.45) is 0. The van der Waals surface area contributed by atoms with Crippen molar-refractivity contribution < 1.29 is 22.4 Å². The summed E-state index contributed by atoms with van der Waals surface area (Å²) in [5.74, 6) is -1.55. The SMILES string of the molecule is Cc1cccc(CN(C(=O)CN(c2ccccc2F)S(=O)(=O)N(C)C)[C@@H](C)C(=O)NCC(C)C)c1. The lowest BCUT2D eigenvalue weighted by molar-refractivity contribution is -0.139. The van der Waals surface area contributed by atoms with Gasteiger partial charge in [-0.3, -0.25) is 9.59 Å². The second-order valence-electron chi connectivity index (χ2n) is 9.07. The first-order valence-electron chi connectivity index (χ1n) is 11.4. The average molecular weight is 507 g/mol. The predicted molar refractivity (Wildman–Crippen MR) is 135 cm³/mol. The summed E-state index contributed by atoms with van der Waals surface area (Å²) >= 11 is 0. The number of amides is 2. The lowest BCUT2D eigenvalue weighted by Gasteiger charge is -2.33. The van der Waals surface area contributed by atoms with Crippen LogP contribution in [0.15, 0.2) is 48.5 Å². The average Bonchev–Trinajstić information content (AvgIpc) is 2.79. The first-order valence-corrected chi connectivity index (χ1v) is 12.8. The second-order valence-corrected chi connectivity index (χ2v) is 11.1. The van der Waals surface area contributed by atoms with Crippen molar-refractivity contribution in [2.24, 2.45) is 5.92 Å². The monoisotopic (exact) mass is 506 g/mol. The van der Waals surface area contributed by atoms with E-state index < -0.39 is 34.5 Å². The molecule has 2 aromatic rings. The van der Waals surface area contributed by atoms with Crippen LogP contribution in [0.5, 0.6) is 0 Å². The molecular weight excluding hydrogens is 471 g/mol. The molecule has 0 aliphatic rings. The van der Waals surface area contributed by atoms with Gasteiger partial charge < -0.3 is 10.2 Å². The van der Waals surface area contributed by atoms with E-state index in [1.165, 1.54) is 37.2 Å². The standard InChI is InChI=1S/C25H35FN4O4S/c1-18(2)15-27-25(32)20(4)29(16-21-11-9-10-19(3)14-21)24(31)17-30(35(33,34)28(5)6)23-13-8-7-12-22(23)26/h7-14,18,20H,15-17H2,1-6H3,(H,27,32)/t20-/m0/s1. The van der Waals surface area contributed by atoms with E-state index in [0.29, 0.717) is 6.54 Å². The third-order valence-corrected chi connectivity index (χ3v) is 7.23. The van der Waals surface area contributed by atoms with Crippen LogP contribution < -0.4 is 9.62 Å². The topological polar surface area (TPSA) is 90.0 Å². The third-order valence-electron chi connectivity index (χ3n) is 5.43. The van der Waals surface area contributed by atoms with Gasteiger partial charge in [0.2, 0.25) is 11.8 Å². The molecule has 8 nitrogen and oxygen atoms in total. The number of aryl methyl sites for hydroxylation is 1. The summed E-state index contributed by atoms with van der Waals surface area (Å²) in [4.78, 5) is 27.8. The third kappa shape index (κ3) is 7.50. The zero-order valence-corrected chi connectivity index (χ0v) is 22.0. The summed E-state index contributed by atoms with van der Waals surface area (Å²) in [7, 11) is -1.60. The van der Waals surface area contributed by atoms with E-state index in [0.717, 1.165) is 25.8 Å². The van der Waals surface area contributed by atoms with Crippen molar-refractivity contribution in [2.75, 3.05) is 31.5 Å². The van der Waals surface area contributed by atoms with Gasteiger partial charge in [0.15, 0.2) is 0 Å². The van der Waals surface area contributed by atoms with Crippen molar-refractivity contribution in [1.29, 1.82) is 0 Å². The molecule has 0 aromatic heterocycles. The summed E-state index contributed by atoms with van der Waals surface area (Å²) in [6, 6.07) is 12.0. The Morgan fingerprint density at radius 1 is 1.03 bits per heavy atom. The maximum atomic E-state index is 14.6. The Morgan fingerprint density at radius 3 is 2.26 bits per heavy atom. The summed E-state index contributed by atoms with van der Waals surface area (Å²) in [5.41, 5.74) is 1.52. The summed E-state index contributed by atoms with van der Waals surface area (Å²) in [6.45, 7) is 7.28. The molecule has 2 aromatic carbocycles. The number of para-hydroxylation sites is 1. The minimum atomic E-state index is -4.21. The van der Waals surface area contributed by atoms with E-state index in [2.05, 4.69) is 5.32 Å². The molecule has 1 atom stereocenters. The maximum Gasteiger partial charge on any atom is 0.304 e. The molecule has 0 unspecified atom stereocenters. The van der Waals surface area contributed by atoms with Crippen LogP contribution in [0, 0.1) is 18.7 Å². The Hall–Kier alpha value is -2.98. The van der Waals surface area contributed by atoms with Crippen molar-refractivity contribution in [3.63, 3.8) is 0 Å². The molecule has 0 heterocycles. The molecule has 0 aliphatic heterocycles. The first kappa shape index (κ1) is 28.3. The minimum Gasteiger partial charge on any atom is -0.354 e. The fourth-order valence-electron chi connectivity index (χ4n) is 3.40. The molecule has 0 saturated heterocycles. The molecule has 0 fully saturated rings. The highest BCUT2D eigenvalue weighted by atomic mass is 32.2. The maximum absolute atomic E-state index is 14.6. The van der Waals surface area contributed by atoms with Crippen LogP contribution >= 0.6 is 0 Å². The number of rotatable bonds is 11. The van der Waals surface area contributed by atoms with E-state index in [4.69, 9.17) is 0 Å². The second kappa shape index (κ2) is 12.1. The van der Waals surface area contributed by atoms with Gasteiger partial charge in [0.25, 0.3) is 0 Å². The van der Waals surface area contributed by atoms with Gasteiger partial charge in [0.1, 0.15) is 18.4 Å². The van der Waals surface area contributed by atoms with Gasteiger partial charge in [-0.25, -0.2) is 8.70 Å². The van der Waals surface area contributed by atoms with Crippen LogP contribution in [-0.2, 0) is 26.3 Å². The van der Waals surface area contributed by atoms with Crippen molar-refractivity contribution in [2.45, 2.75) is 40.3 Å². The van der Waals surface area contributed by atoms with E-state index in [1.807, 2.05) is 45.0 Å². The largest absolute Gasteiger partial charge is 0.354 e. The molecule has 0 spiro atoms. The quantitative estimate of drug-likeness (QED) is 0.508. The van der Waals surface area contributed by atoms with Gasteiger partial charge in [-0.15, -0.1) is 0 Å². The van der Waals surface area contributed by atoms with Crippen LogP contribution in [0.4, 0.5) is 10.1 Å². The molecule has 1 N–H and O–H groups in total. The molecule has 10 heteroatoms. The van der Waals surface area contributed by atoms with Crippen LogP contribution in [0.3, 0.4) is 0 Å². The minimum absolute atomic E-state index is 0.0872. The molecule has 0 aliphatic carbocycles. The van der Waals surface area contributed by atoms with Crippen molar-refractivity contribution >= 4 is 27.7 Å². The Labute approximate surface area is 207 Å². The number of hydrogen-bond acceptors (Lipinski definition) is 4. The number of nitrogens with zero attached hydrogens (tertiary/aromatic N) is 3. The molecule has 192 valence electrons. The highest BCUT2D eigenvalue weighted by Crippen LogP contribution is 2.24. The van der Waals surface area contributed by atoms with E-state index >= 15 is 0 Å². The number of carbonyl (C=O) groups is 2. The first-order chi connectivity index (χ1) is 16.3.